The lowest BCUT2D eigenvalue weighted by molar-refractivity contribution is -0.137. The van der Waals surface area contributed by atoms with E-state index in [0.717, 1.165) is 22.0 Å². The van der Waals surface area contributed by atoms with Gasteiger partial charge < -0.3 is 9.15 Å². The normalized spacial score (nSPS) is 12.3. The summed E-state index contributed by atoms with van der Waals surface area (Å²) in [5.41, 5.74) is 0.126. The van der Waals surface area contributed by atoms with Crippen LogP contribution in [0.2, 0.25) is 0 Å². The summed E-state index contributed by atoms with van der Waals surface area (Å²) >= 11 is 0. The van der Waals surface area contributed by atoms with E-state index >= 15 is 0 Å². The van der Waals surface area contributed by atoms with Crippen molar-refractivity contribution in [3.8, 4) is 0 Å². The summed E-state index contributed by atoms with van der Waals surface area (Å²) in [6.45, 7) is 2.81. The molecule has 0 saturated carbocycles. The number of benzene rings is 3. The third-order valence-electron chi connectivity index (χ3n) is 6.23. The van der Waals surface area contributed by atoms with Gasteiger partial charge in [0.05, 0.1) is 17.1 Å². The van der Waals surface area contributed by atoms with Gasteiger partial charge in [0.2, 0.25) is 15.8 Å². The van der Waals surface area contributed by atoms with Crippen molar-refractivity contribution in [3.63, 3.8) is 0 Å². The Morgan fingerprint density at radius 3 is 2.38 bits per heavy atom. The molecule has 206 valence electrons. The second kappa shape index (κ2) is 11.2. The van der Waals surface area contributed by atoms with Crippen LogP contribution in [0.25, 0.3) is 11.0 Å². The van der Waals surface area contributed by atoms with Gasteiger partial charge >= 0.3 is 12.1 Å². The van der Waals surface area contributed by atoms with E-state index in [2.05, 4.69) is 0 Å². The van der Waals surface area contributed by atoms with E-state index < -0.39 is 40.1 Å². The van der Waals surface area contributed by atoms with Gasteiger partial charge in [-0.2, -0.15) is 17.5 Å². The number of rotatable bonds is 9. The molecule has 11 heteroatoms. The first-order chi connectivity index (χ1) is 18.4. The van der Waals surface area contributed by atoms with Gasteiger partial charge in [-0.05, 0) is 56.2 Å². The number of carbonyl (C=O) groups is 1. The van der Waals surface area contributed by atoms with Crippen molar-refractivity contribution in [3.05, 3.63) is 101 Å². The van der Waals surface area contributed by atoms with E-state index in [-0.39, 0.29) is 41.4 Å². The molecule has 0 aliphatic heterocycles. The van der Waals surface area contributed by atoms with Crippen molar-refractivity contribution in [1.29, 1.82) is 0 Å². The Bertz CT molecular complexity index is 1600. The molecule has 0 saturated heterocycles. The molecule has 6 nitrogen and oxygen atoms in total. The molecule has 1 heterocycles. The van der Waals surface area contributed by atoms with Crippen LogP contribution in [-0.2, 0) is 33.9 Å². The van der Waals surface area contributed by atoms with E-state index in [1.54, 1.807) is 38.1 Å². The number of alkyl halides is 3. The van der Waals surface area contributed by atoms with Gasteiger partial charge in [0.1, 0.15) is 11.4 Å². The lowest BCUT2D eigenvalue weighted by Gasteiger charge is -2.23. The maximum absolute atomic E-state index is 14.7. The summed E-state index contributed by atoms with van der Waals surface area (Å²) in [5.74, 6) is -1.89. The molecule has 0 atom stereocenters. The van der Waals surface area contributed by atoms with Gasteiger partial charge in [-0.25, -0.2) is 17.6 Å². The van der Waals surface area contributed by atoms with Gasteiger partial charge in [-0.1, -0.05) is 36.4 Å². The van der Waals surface area contributed by atoms with E-state index in [9.17, 15) is 30.8 Å². The molecule has 0 amide bonds. The van der Waals surface area contributed by atoms with Gasteiger partial charge in [0.25, 0.3) is 0 Å². The highest BCUT2D eigenvalue weighted by molar-refractivity contribution is 7.89. The standard InChI is InChI=1S/C28H25F4NO5S/c1-3-37-27(34)26-18(2)23-16-22(11-12-25(23)38-26)39(35,36)33(14-13-19-7-5-4-6-8-19)17-20-9-10-21(15-24(20)29)28(30,31)32/h4-12,15-16H,3,13-14,17H2,1-2H3. The summed E-state index contributed by atoms with van der Waals surface area (Å²) in [4.78, 5) is 12.1. The highest BCUT2D eigenvalue weighted by Gasteiger charge is 2.32. The fourth-order valence-corrected chi connectivity index (χ4v) is 5.57. The molecule has 0 bridgehead atoms. The van der Waals surface area contributed by atoms with E-state index in [1.807, 2.05) is 6.07 Å². The van der Waals surface area contributed by atoms with E-state index in [1.165, 1.54) is 18.2 Å². The Hall–Kier alpha value is -3.70. The van der Waals surface area contributed by atoms with Gasteiger partial charge in [-0.3, -0.25) is 0 Å². The average molecular weight is 564 g/mol. The van der Waals surface area contributed by atoms with Crippen molar-refractivity contribution in [2.24, 2.45) is 0 Å². The maximum Gasteiger partial charge on any atom is 0.416 e. The molecule has 39 heavy (non-hydrogen) atoms. The van der Waals surface area contributed by atoms with E-state index in [4.69, 9.17) is 9.15 Å². The number of aryl methyl sites for hydroxylation is 1. The van der Waals surface area contributed by atoms with Crippen LogP contribution in [0.4, 0.5) is 17.6 Å². The minimum atomic E-state index is -4.74. The van der Waals surface area contributed by atoms with Crippen LogP contribution < -0.4 is 0 Å². The Labute approximate surface area is 222 Å². The fourth-order valence-electron chi connectivity index (χ4n) is 4.13. The monoisotopic (exact) mass is 563 g/mol. The van der Waals surface area contributed by atoms with Gasteiger partial charge in [0, 0.05) is 29.6 Å². The van der Waals surface area contributed by atoms with Crippen molar-refractivity contribution in [2.45, 2.75) is 37.9 Å². The van der Waals surface area contributed by atoms with Crippen LogP contribution in [-0.4, -0.2) is 31.8 Å². The van der Waals surface area contributed by atoms with Crippen LogP contribution in [0.3, 0.4) is 0 Å². The second-order valence-electron chi connectivity index (χ2n) is 8.81. The minimum absolute atomic E-state index is 0.0471. The summed E-state index contributed by atoms with van der Waals surface area (Å²) in [5, 5.41) is 0.378. The second-order valence-corrected chi connectivity index (χ2v) is 10.8. The minimum Gasteiger partial charge on any atom is -0.460 e. The molecular weight excluding hydrogens is 538 g/mol. The molecule has 0 radical (unpaired) electrons. The van der Waals surface area contributed by atoms with Crippen LogP contribution in [0.5, 0.6) is 0 Å². The SMILES string of the molecule is CCOC(=O)c1oc2ccc(S(=O)(=O)N(CCc3ccccc3)Cc3ccc(C(F)(F)F)cc3F)cc2c1C. The summed E-state index contributed by atoms with van der Waals surface area (Å²) in [6.07, 6.45) is -4.46. The zero-order valence-corrected chi connectivity index (χ0v) is 21.9. The smallest absolute Gasteiger partial charge is 0.416 e. The molecule has 1 aromatic heterocycles. The maximum atomic E-state index is 14.7. The summed E-state index contributed by atoms with van der Waals surface area (Å²) in [7, 11) is -4.27. The first-order valence-electron chi connectivity index (χ1n) is 12.0. The molecule has 0 N–H and O–H groups in total. The number of ether oxygens (including phenoxy) is 1. The molecule has 4 rings (SSSR count). The highest BCUT2D eigenvalue weighted by Crippen LogP contribution is 2.32. The molecule has 0 spiro atoms. The Morgan fingerprint density at radius 2 is 1.74 bits per heavy atom. The Balaban J connectivity index is 1.72. The number of furan rings is 1. The number of hydrogen-bond donors (Lipinski definition) is 0. The predicted molar refractivity (Wildman–Crippen MR) is 136 cm³/mol. The van der Waals surface area contributed by atoms with Crippen molar-refractivity contribution >= 4 is 27.0 Å². The summed E-state index contributed by atoms with van der Waals surface area (Å²) < 4.78 is 93.0. The third-order valence-corrected chi connectivity index (χ3v) is 8.07. The van der Waals surface area contributed by atoms with Crippen LogP contribution in [0.15, 0.2) is 76.0 Å². The van der Waals surface area contributed by atoms with Crippen LogP contribution in [0, 0.1) is 12.7 Å². The number of nitrogens with zero attached hydrogens (tertiary/aromatic N) is 1. The first-order valence-corrected chi connectivity index (χ1v) is 13.5. The van der Waals surface area contributed by atoms with Gasteiger partial charge in [-0.15, -0.1) is 0 Å². The third kappa shape index (κ3) is 6.15. The number of fused-ring (bicyclic) bond motifs is 1. The van der Waals surface area contributed by atoms with Crippen LogP contribution in [0.1, 0.15) is 39.7 Å². The zero-order chi connectivity index (χ0) is 28.4. The Kier molecular flexibility index (Phi) is 8.12. The summed E-state index contributed by atoms with van der Waals surface area (Å²) in [6, 6.07) is 15.1. The Morgan fingerprint density at radius 1 is 1.03 bits per heavy atom. The average Bonchev–Trinajstić information content (AvgIpc) is 3.23. The van der Waals surface area contributed by atoms with Gasteiger partial charge in [0.15, 0.2) is 0 Å². The quantitative estimate of drug-likeness (QED) is 0.171. The zero-order valence-electron chi connectivity index (χ0n) is 21.1. The van der Waals surface area contributed by atoms with Crippen molar-refractivity contribution < 1.29 is 39.9 Å². The molecule has 0 unspecified atom stereocenters. The lowest BCUT2D eigenvalue weighted by Crippen LogP contribution is -2.33. The van der Waals surface area contributed by atoms with Crippen LogP contribution >= 0.6 is 0 Å². The largest absolute Gasteiger partial charge is 0.460 e. The number of hydrogen-bond acceptors (Lipinski definition) is 5. The topological polar surface area (TPSA) is 76.8 Å². The number of sulfonamides is 1. The molecular formula is C28H25F4NO5S. The molecule has 0 aliphatic rings. The molecule has 4 aromatic rings. The van der Waals surface area contributed by atoms with E-state index in [0.29, 0.717) is 17.0 Å². The first kappa shape index (κ1) is 28.3. The lowest BCUT2D eigenvalue weighted by atomic mass is 10.1. The number of esters is 1. The molecule has 3 aromatic carbocycles. The highest BCUT2D eigenvalue weighted by atomic mass is 32.2. The van der Waals surface area contributed by atoms with Crippen molar-refractivity contribution in [1.82, 2.24) is 4.31 Å². The molecule has 0 aliphatic carbocycles. The number of halogens is 4. The fraction of sp³-hybridized carbons (Fsp3) is 0.250. The number of carbonyl (C=O) groups excluding carboxylic acids is 1. The molecule has 0 fully saturated rings. The predicted octanol–water partition coefficient (Wildman–Crippen LogP) is 6.51. The van der Waals surface area contributed by atoms with Crippen molar-refractivity contribution in [2.75, 3.05) is 13.2 Å².